The van der Waals surface area contributed by atoms with Crippen molar-refractivity contribution in [3.05, 3.63) is 28.3 Å². The predicted molar refractivity (Wildman–Crippen MR) is 123 cm³/mol. The van der Waals surface area contributed by atoms with Gasteiger partial charge in [0.15, 0.2) is 9.84 Å². The van der Waals surface area contributed by atoms with Crippen LogP contribution in [-0.4, -0.2) is 73.9 Å². The van der Waals surface area contributed by atoms with Gasteiger partial charge in [0.05, 0.1) is 5.25 Å². The zero-order chi connectivity index (χ0) is 21.6. The second kappa shape index (κ2) is 8.49. The predicted octanol–water partition coefficient (Wildman–Crippen LogP) is 2.19. The summed E-state index contributed by atoms with van der Waals surface area (Å²) in [5, 5.41) is 2.68. The van der Waals surface area contributed by atoms with Crippen molar-refractivity contribution in [2.24, 2.45) is 0 Å². The van der Waals surface area contributed by atoms with E-state index in [1.807, 2.05) is 0 Å². The van der Waals surface area contributed by atoms with Crippen molar-refractivity contribution in [2.45, 2.75) is 69.6 Å². The maximum Gasteiger partial charge on any atom is 0.239 e. The molecule has 1 aromatic rings. The average molecular weight is 446 g/mol. The number of piperidine rings is 1. The quantitative estimate of drug-likeness (QED) is 0.727. The fourth-order valence-corrected chi connectivity index (χ4v) is 7.68. The van der Waals surface area contributed by atoms with Crippen LogP contribution in [0.25, 0.3) is 0 Å². The first-order valence-corrected chi connectivity index (χ1v) is 13.8. The Hall–Kier alpha value is -1.44. The number of nitrogens with one attached hydrogen (secondary N) is 1. The van der Waals surface area contributed by atoms with Crippen molar-refractivity contribution < 1.29 is 13.2 Å². The van der Waals surface area contributed by atoms with Gasteiger partial charge in [0, 0.05) is 24.8 Å². The van der Waals surface area contributed by atoms with Gasteiger partial charge in [-0.2, -0.15) is 0 Å². The van der Waals surface area contributed by atoms with Crippen molar-refractivity contribution in [2.75, 3.05) is 43.8 Å². The molecule has 0 radical (unpaired) electrons. The molecule has 1 aromatic carbocycles. The molecule has 0 saturated carbocycles. The Balaban J connectivity index is 1.21. The van der Waals surface area contributed by atoms with E-state index in [1.165, 1.54) is 22.3 Å². The third kappa shape index (κ3) is 4.16. The standard InChI is InChI=1S/C24H35N3O3S/c1-2-26-14-19(15-26)27-11-9-20(10-12-27)31(29,30)16-23(28)25-24-21-7-3-5-17(21)13-18-6-4-8-22(18)24/h13,19-20H,2-12,14-16H2,1H3,(H,25,28). The zero-order valence-corrected chi connectivity index (χ0v) is 19.5. The third-order valence-electron chi connectivity index (χ3n) is 7.96. The number of aryl methyl sites for hydroxylation is 2. The number of likely N-dealkylation sites (N-methyl/N-ethyl adjacent to an activating group) is 1. The molecule has 2 aliphatic carbocycles. The molecule has 170 valence electrons. The molecule has 2 fully saturated rings. The molecule has 6 nitrogen and oxygen atoms in total. The van der Waals surface area contributed by atoms with Crippen molar-refractivity contribution >= 4 is 21.4 Å². The summed E-state index contributed by atoms with van der Waals surface area (Å²) in [6.07, 6.45) is 7.64. The van der Waals surface area contributed by atoms with Crippen LogP contribution in [0.4, 0.5) is 5.69 Å². The van der Waals surface area contributed by atoms with E-state index >= 15 is 0 Å². The molecule has 31 heavy (non-hydrogen) atoms. The monoisotopic (exact) mass is 445 g/mol. The molecule has 4 aliphatic rings. The minimum atomic E-state index is -3.43. The highest BCUT2D eigenvalue weighted by Crippen LogP contribution is 2.38. The number of sulfone groups is 1. The molecule has 1 N–H and O–H groups in total. The Morgan fingerprint density at radius 3 is 2.23 bits per heavy atom. The number of fused-ring (bicyclic) bond motifs is 2. The number of benzene rings is 1. The van der Waals surface area contributed by atoms with E-state index in [0.717, 1.165) is 76.9 Å². The van der Waals surface area contributed by atoms with Gasteiger partial charge in [-0.3, -0.25) is 9.69 Å². The smallest absolute Gasteiger partial charge is 0.239 e. The van der Waals surface area contributed by atoms with Gasteiger partial charge >= 0.3 is 0 Å². The van der Waals surface area contributed by atoms with Crippen LogP contribution in [0.2, 0.25) is 0 Å². The maximum atomic E-state index is 13.0. The molecule has 1 amide bonds. The first-order chi connectivity index (χ1) is 14.9. The Kier molecular flexibility index (Phi) is 5.86. The largest absolute Gasteiger partial charge is 0.325 e. The van der Waals surface area contributed by atoms with Crippen molar-refractivity contribution in [1.82, 2.24) is 9.80 Å². The topological polar surface area (TPSA) is 69.7 Å². The van der Waals surface area contributed by atoms with Gasteiger partial charge in [0.2, 0.25) is 5.91 Å². The number of carbonyl (C=O) groups excluding carboxylic acids is 1. The van der Waals surface area contributed by atoms with Crippen LogP contribution in [0.5, 0.6) is 0 Å². The molecule has 0 aromatic heterocycles. The SMILES string of the molecule is CCN1CC(N2CCC(S(=O)(=O)CC(=O)Nc3c4c(cc5c3CCC5)CCC4)CC2)C1. The number of rotatable bonds is 6. The molecule has 2 saturated heterocycles. The van der Waals surface area contributed by atoms with Crippen LogP contribution in [0.1, 0.15) is 54.9 Å². The Bertz CT molecular complexity index is 929. The summed E-state index contributed by atoms with van der Waals surface area (Å²) in [4.78, 5) is 17.7. The lowest BCUT2D eigenvalue weighted by Crippen LogP contribution is -2.61. The minimum absolute atomic E-state index is 0.352. The lowest BCUT2D eigenvalue weighted by atomic mass is 9.98. The number of hydrogen-bond donors (Lipinski definition) is 1. The highest BCUT2D eigenvalue weighted by Gasteiger charge is 2.37. The Morgan fingerprint density at radius 2 is 1.65 bits per heavy atom. The van der Waals surface area contributed by atoms with Crippen LogP contribution < -0.4 is 5.32 Å². The molecule has 0 unspecified atom stereocenters. The molecule has 0 bridgehead atoms. The Morgan fingerprint density at radius 1 is 1.03 bits per heavy atom. The molecule has 0 spiro atoms. The van der Waals surface area contributed by atoms with Gasteiger partial charge < -0.3 is 10.2 Å². The highest BCUT2D eigenvalue weighted by atomic mass is 32.2. The molecule has 2 aliphatic heterocycles. The summed E-state index contributed by atoms with van der Waals surface area (Å²) in [5.41, 5.74) is 6.15. The Labute approximate surface area is 186 Å². The van der Waals surface area contributed by atoms with E-state index in [2.05, 4.69) is 28.1 Å². The van der Waals surface area contributed by atoms with Gasteiger partial charge in [-0.05, 0) is 93.3 Å². The van der Waals surface area contributed by atoms with Crippen LogP contribution in [0, 0.1) is 0 Å². The van der Waals surface area contributed by atoms with Gasteiger partial charge in [-0.15, -0.1) is 0 Å². The highest BCUT2D eigenvalue weighted by molar-refractivity contribution is 7.92. The van der Waals surface area contributed by atoms with Crippen LogP contribution in [0.15, 0.2) is 6.07 Å². The van der Waals surface area contributed by atoms with E-state index in [-0.39, 0.29) is 16.9 Å². The minimum Gasteiger partial charge on any atom is -0.325 e. The van der Waals surface area contributed by atoms with Gasteiger partial charge in [0.1, 0.15) is 5.75 Å². The molecule has 2 heterocycles. The lowest BCUT2D eigenvalue weighted by Gasteiger charge is -2.47. The zero-order valence-electron chi connectivity index (χ0n) is 18.7. The number of likely N-dealkylation sites (tertiary alicyclic amines) is 2. The summed E-state index contributed by atoms with van der Waals surface area (Å²) in [5.74, 6) is -0.738. The van der Waals surface area contributed by atoms with Crippen molar-refractivity contribution in [3.63, 3.8) is 0 Å². The number of hydrogen-bond acceptors (Lipinski definition) is 5. The maximum absolute atomic E-state index is 13.0. The second-order valence-corrected chi connectivity index (χ2v) is 12.1. The van der Waals surface area contributed by atoms with Crippen LogP contribution >= 0.6 is 0 Å². The van der Waals surface area contributed by atoms with Crippen LogP contribution in [-0.2, 0) is 40.3 Å². The summed E-state index contributed by atoms with van der Waals surface area (Å²) in [7, 11) is -3.43. The van der Waals surface area contributed by atoms with Gasteiger partial charge in [0.25, 0.3) is 0 Å². The van der Waals surface area contributed by atoms with Gasteiger partial charge in [-0.1, -0.05) is 13.0 Å². The second-order valence-electron chi connectivity index (χ2n) is 9.83. The first kappa shape index (κ1) is 21.4. The number of carbonyl (C=O) groups is 1. The summed E-state index contributed by atoms with van der Waals surface area (Å²) >= 11 is 0. The van der Waals surface area contributed by atoms with E-state index in [1.54, 1.807) is 0 Å². The summed E-state index contributed by atoms with van der Waals surface area (Å²) in [6, 6.07) is 2.90. The van der Waals surface area contributed by atoms with E-state index in [4.69, 9.17) is 0 Å². The molecular formula is C24H35N3O3S. The van der Waals surface area contributed by atoms with E-state index in [9.17, 15) is 13.2 Å². The molecule has 7 heteroatoms. The number of anilines is 1. The van der Waals surface area contributed by atoms with E-state index < -0.39 is 9.84 Å². The van der Waals surface area contributed by atoms with E-state index in [0.29, 0.717) is 18.9 Å². The fourth-order valence-electron chi connectivity index (χ4n) is 6.08. The van der Waals surface area contributed by atoms with Crippen molar-refractivity contribution in [3.8, 4) is 0 Å². The first-order valence-electron chi connectivity index (χ1n) is 12.1. The van der Waals surface area contributed by atoms with Gasteiger partial charge in [-0.25, -0.2) is 8.42 Å². The fraction of sp³-hybridized carbons (Fsp3) is 0.708. The molecular weight excluding hydrogens is 410 g/mol. The summed E-state index contributed by atoms with van der Waals surface area (Å²) < 4.78 is 26.0. The van der Waals surface area contributed by atoms with Crippen molar-refractivity contribution in [1.29, 1.82) is 0 Å². The average Bonchev–Trinajstić information content (AvgIpc) is 3.36. The van der Waals surface area contributed by atoms with Crippen LogP contribution in [0.3, 0.4) is 0 Å². The summed E-state index contributed by atoms with van der Waals surface area (Å²) in [6.45, 7) is 7.12. The number of nitrogens with zero attached hydrogens (tertiary/aromatic N) is 2. The lowest BCUT2D eigenvalue weighted by molar-refractivity contribution is -0.113. The molecule has 5 rings (SSSR count). The third-order valence-corrected chi connectivity index (χ3v) is 10.1. The number of amides is 1. The molecule has 0 atom stereocenters. The normalized spacial score (nSPS) is 22.9.